The third-order valence-corrected chi connectivity index (χ3v) is 4.05. The van der Waals surface area contributed by atoms with Crippen LogP contribution in [0.5, 0.6) is 5.75 Å². The molecule has 0 radical (unpaired) electrons. The molecule has 0 amide bonds. The van der Waals surface area contributed by atoms with E-state index in [2.05, 4.69) is 4.98 Å². The predicted octanol–water partition coefficient (Wildman–Crippen LogP) is 4.56. The third kappa shape index (κ3) is 4.36. The monoisotopic (exact) mass is 360 g/mol. The normalized spacial score (nSPS) is 10.6. The molecule has 0 atom stereocenters. The molecule has 8 heteroatoms. The quantitative estimate of drug-likeness (QED) is 0.266. The number of ether oxygens (including phenoxy) is 1. The largest absolute Gasteiger partial charge is 0.486 e. The second-order valence-electron chi connectivity index (χ2n) is 4.92. The van der Waals surface area contributed by atoms with E-state index in [1.54, 1.807) is 36.5 Å². The average molecular weight is 360 g/mol. The van der Waals surface area contributed by atoms with Crippen LogP contribution in [0.3, 0.4) is 0 Å². The topological polar surface area (TPSA) is 78.4 Å². The summed E-state index contributed by atoms with van der Waals surface area (Å²) in [6.07, 6.45) is 1.57. The van der Waals surface area contributed by atoms with Gasteiger partial charge in [-0.05, 0) is 30.3 Å². The Kier molecular flexibility index (Phi) is 5.30. The van der Waals surface area contributed by atoms with Crippen molar-refractivity contribution in [1.29, 1.82) is 0 Å². The molecule has 0 saturated heterocycles. The number of para-hydroxylation sites is 2. The Morgan fingerprint density at radius 2 is 1.96 bits per heavy atom. The number of aromatic nitrogens is 1. The molecule has 0 aliphatic heterocycles. The van der Waals surface area contributed by atoms with Crippen molar-refractivity contribution < 1.29 is 18.5 Å². The summed E-state index contributed by atoms with van der Waals surface area (Å²) < 4.78 is 24.0. The molecule has 0 aliphatic rings. The van der Waals surface area contributed by atoms with Gasteiger partial charge in [0.05, 0.1) is 17.7 Å². The number of benzene rings is 2. The van der Waals surface area contributed by atoms with Crippen LogP contribution in [0.1, 0.15) is 0 Å². The third-order valence-electron chi connectivity index (χ3n) is 3.24. The van der Waals surface area contributed by atoms with E-state index in [1.165, 1.54) is 30.0 Å². The first kappa shape index (κ1) is 17.0. The summed E-state index contributed by atoms with van der Waals surface area (Å²) in [6.45, 7) is 0.268. The highest BCUT2D eigenvalue weighted by atomic mass is 32.2. The molecule has 0 bridgehead atoms. The van der Waals surface area contributed by atoms with E-state index in [4.69, 9.17) is 9.15 Å². The Bertz CT molecular complexity index is 867. The van der Waals surface area contributed by atoms with Crippen LogP contribution in [0.4, 0.5) is 10.1 Å². The minimum atomic E-state index is -0.481. The molecule has 0 saturated carbocycles. The Labute approximate surface area is 146 Å². The fraction of sp³-hybridized carbons (Fsp3) is 0.118. The van der Waals surface area contributed by atoms with Gasteiger partial charge in [0.25, 0.3) is 5.22 Å². The van der Waals surface area contributed by atoms with E-state index in [-0.39, 0.29) is 23.9 Å². The van der Waals surface area contributed by atoms with Crippen LogP contribution in [0, 0.1) is 15.9 Å². The van der Waals surface area contributed by atoms with Crippen molar-refractivity contribution >= 4 is 17.4 Å². The maximum atomic E-state index is 12.9. The van der Waals surface area contributed by atoms with E-state index in [0.717, 1.165) is 5.56 Å². The molecule has 25 heavy (non-hydrogen) atoms. The summed E-state index contributed by atoms with van der Waals surface area (Å²) in [7, 11) is 0. The highest BCUT2D eigenvalue weighted by Gasteiger charge is 2.13. The summed E-state index contributed by atoms with van der Waals surface area (Å²) in [5.74, 6) is 0.967. The van der Waals surface area contributed by atoms with Gasteiger partial charge in [-0.15, -0.1) is 0 Å². The second-order valence-corrected chi connectivity index (χ2v) is 5.97. The number of halogens is 1. The van der Waals surface area contributed by atoms with Gasteiger partial charge in [0, 0.05) is 17.4 Å². The first-order valence-corrected chi connectivity index (χ1v) is 8.33. The Morgan fingerprint density at radius 1 is 1.20 bits per heavy atom. The zero-order valence-corrected chi connectivity index (χ0v) is 13.7. The van der Waals surface area contributed by atoms with Gasteiger partial charge in [0.15, 0.2) is 11.5 Å². The summed E-state index contributed by atoms with van der Waals surface area (Å²) in [6, 6.07) is 12.1. The number of thioether (sulfide) groups is 1. The fourth-order valence-electron chi connectivity index (χ4n) is 2.08. The first-order chi connectivity index (χ1) is 12.1. The molecule has 1 aromatic heterocycles. The highest BCUT2D eigenvalue weighted by Crippen LogP contribution is 2.27. The minimum Gasteiger partial charge on any atom is -0.486 e. The van der Waals surface area contributed by atoms with Crippen molar-refractivity contribution in [3.05, 3.63) is 70.7 Å². The lowest BCUT2D eigenvalue weighted by atomic mass is 10.2. The summed E-state index contributed by atoms with van der Waals surface area (Å²) in [5, 5.41) is 11.4. The maximum absolute atomic E-state index is 12.9. The maximum Gasteiger partial charge on any atom is 0.310 e. The Morgan fingerprint density at radius 3 is 2.72 bits per heavy atom. The number of nitro benzene ring substituents is 1. The molecular weight excluding hydrogens is 347 g/mol. The lowest BCUT2D eigenvalue weighted by Crippen LogP contribution is -2.02. The van der Waals surface area contributed by atoms with E-state index >= 15 is 0 Å². The van der Waals surface area contributed by atoms with Crippen LogP contribution in [-0.2, 0) is 0 Å². The molecule has 0 fully saturated rings. The van der Waals surface area contributed by atoms with E-state index in [1.807, 2.05) is 0 Å². The average Bonchev–Trinajstić information content (AvgIpc) is 3.08. The fourth-order valence-corrected chi connectivity index (χ4v) is 2.70. The number of rotatable bonds is 7. The summed E-state index contributed by atoms with van der Waals surface area (Å²) in [4.78, 5) is 14.6. The number of oxazole rings is 1. The van der Waals surface area contributed by atoms with Crippen molar-refractivity contribution in [2.75, 3.05) is 12.4 Å². The van der Waals surface area contributed by atoms with Crippen LogP contribution in [-0.4, -0.2) is 22.3 Å². The number of hydrogen-bond acceptors (Lipinski definition) is 6. The standard InChI is InChI=1S/C17H13FN2O4S/c18-13-7-5-12(6-8-13)16-11-19-17(24-16)25-10-9-23-15-4-2-1-3-14(15)20(21)22/h1-8,11H,9-10H2. The van der Waals surface area contributed by atoms with Crippen molar-refractivity contribution in [3.8, 4) is 17.1 Å². The molecule has 0 aliphatic carbocycles. The Hall–Kier alpha value is -2.87. The van der Waals surface area contributed by atoms with Gasteiger partial charge in [-0.25, -0.2) is 9.37 Å². The number of nitro groups is 1. The molecular formula is C17H13FN2O4S. The molecule has 6 nitrogen and oxygen atoms in total. The van der Waals surface area contributed by atoms with Gasteiger partial charge < -0.3 is 9.15 Å². The van der Waals surface area contributed by atoms with Crippen LogP contribution < -0.4 is 4.74 Å². The van der Waals surface area contributed by atoms with Gasteiger partial charge >= 0.3 is 5.69 Å². The number of nitrogens with zero attached hydrogens (tertiary/aromatic N) is 2. The zero-order valence-electron chi connectivity index (χ0n) is 12.9. The van der Waals surface area contributed by atoms with Crippen LogP contribution >= 0.6 is 11.8 Å². The molecule has 3 rings (SSSR count). The van der Waals surface area contributed by atoms with Gasteiger partial charge in [-0.1, -0.05) is 23.9 Å². The molecule has 2 aromatic carbocycles. The van der Waals surface area contributed by atoms with E-state index < -0.39 is 4.92 Å². The molecule has 128 valence electrons. The lowest BCUT2D eigenvalue weighted by molar-refractivity contribution is -0.385. The van der Waals surface area contributed by atoms with Crippen LogP contribution in [0.25, 0.3) is 11.3 Å². The van der Waals surface area contributed by atoms with Crippen molar-refractivity contribution in [3.63, 3.8) is 0 Å². The summed E-state index contributed by atoms with van der Waals surface area (Å²) >= 11 is 1.33. The van der Waals surface area contributed by atoms with E-state index in [9.17, 15) is 14.5 Å². The van der Waals surface area contributed by atoms with Crippen molar-refractivity contribution in [1.82, 2.24) is 4.98 Å². The lowest BCUT2D eigenvalue weighted by Gasteiger charge is -2.05. The van der Waals surface area contributed by atoms with Crippen LogP contribution in [0.2, 0.25) is 0 Å². The molecule has 0 unspecified atom stereocenters. The molecule has 1 heterocycles. The molecule has 0 N–H and O–H groups in total. The zero-order chi connectivity index (χ0) is 17.6. The minimum absolute atomic E-state index is 0.0674. The number of hydrogen-bond donors (Lipinski definition) is 0. The molecule has 0 spiro atoms. The predicted molar refractivity (Wildman–Crippen MR) is 91.2 cm³/mol. The SMILES string of the molecule is O=[N+]([O-])c1ccccc1OCCSc1ncc(-c2ccc(F)cc2)o1. The van der Waals surface area contributed by atoms with Gasteiger partial charge in [-0.2, -0.15) is 0 Å². The van der Waals surface area contributed by atoms with Gasteiger partial charge in [0.2, 0.25) is 0 Å². The molecule has 3 aromatic rings. The van der Waals surface area contributed by atoms with E-state index in [0.29, 0.717) is 16.7 Å². The highest BCUT2D eigenvalue weighted by molar-refractivity contribution is 7.99. The van der Waals surface area contributed by atoms with Crippen molar-refractivity contribution in [2.45, 2.75) is 5.22 Å². The van der Waals surface area contributed by atoms with Crippen molar-refractivity contribution in [2.24, 2.45) is 0 Å². The van der Waals surface area contributed by atoms with Gasteiger partial charge in [-0.3, -0.25) is 10.1 Å². The first-order valence-electron chi connectivity index (χ1n) is 7.34. The summed E-state index contributed by atoms with van der Waals surface area (Å²) in [5.41, 5.74) is 0.666. The smallest absolute Gasteiger partial charge is 0.310 e. The van der Waals surface area contributed by atoms with Gasteiger partial charge in [0.1, 0.15) is 5.82 Å². The second kappa shape index (κ2) is 7.80. The van der Waals surface area contributed by atoms with Crippen LogP contribution in [0.15, 0.2) is 64.4 Å². The Balaban J connectivity index is 1.53.